The fourth-order valence-electron chi connectivity index (χ4n) is 0.699. The summed E-state index contributed by atoms with van der Waals surface area (Å²) in [4.78, 5) is 32.5. The van der Waals surface area contributed by atoms with Crippen molar-refractivity contribution in [2.45, 2.75) is 20.3 Å². The summed E-state index contributed by atoms with van der Waals surface area (Å²) in [6.07, 6.45) is 0.584. The first-order valence-corrected chi connectivity index (χ1v) is 4.61. The number of carbonyl (C=O) groups excluding carboxylic acids is 3. The predicted octanol–water partition coefficient (Wildman–Crippen LogP) is -0.0520. The number of aliphatic hydroxyl groups excluding tert-OH is 1. The van der Waals surface area contributed by atoms with E-state index in [-0.39, 0.29) is 31.0 Å². The van der Waals surface area contributed by atoms with Crippen LogP contribution in [0, 0.1) is 0 Å². The van der Waals surface area contributed by atoms with Gasteiger partial charge in [-0.25, -0.2) is 4.79 Å². The van der Waals surface area contributed by atoms with Crippen molar-refractivity contribution in [2.24, 2.45) is 0 Å². The molecule has 0 aromatic carbocycles. The molecule has 0 aliphatic carbocycles. The lowest BCUT2D eigenvalue weighted by atomic mass is 10.3. The van der Waals surface area contributed by atoms with Crippen molar-refractivity contribution in [1.82, 2.24) is 0 Å². The average molecular weight is 230 g/mol. The van der Waals surface area contributed by atoms with Gasteiger partial charge in [-0.1, -0.05) is 0 Å². The van der Waals surface area contributed by atoms with E-state index in [1.165, 1.54) is 13.8 Å². The largest absolute Gasteiger partial charge is 0.460 e. The zero-order valence-electron chi connectivity index (χ0n) is 9.19. The van der Waals surface area contributed by atoms with Gasteiger partial charge in [0, 0.05) is 0 Å². The molecule has 0 saturated carbocycles. The standard InChI is InChI=1S/C10H14O6/c1-7(10(14)15-4-3-11)6-16-9(13)5-8(2)12/h6,11H,3-5H2,1-2H3. The quantitative estimate of drug-likeness (QED) is 0.298. The third-order valence-electron chi connectivity index (χ3n) is 1.41. The first kappa shape index (κ1) is 14.3. The molecule has 0 radical (unpaired) electrons. The summed E-state index contributed by atoms with van der Waals surface area (Å²) >= 11 is 0. The van der Waals surface area contributed by atoms with E-state index in [4.69, 9.17) is 5.11 Å². The van der Waals surface area contributed by atoms with Crippen LogP contribution >= 0.6 is 0 Å². The van der Waals surface area contributed by atoms with E-state index in [1.54, 1.807) is 0 Å². The van der Waals surface area contributed by atoms with E-state index >= 15 is 0 Å². The van der Waals surface area contributed by atoms with Crippen LogP contribution in [0.15, 0.2) is 11.8 Å². The smallest absolute Gasteiger partial charge is 0.336 e. The maximum absolute atomic E-state index is 11.1. The molecule has 0 atom stereocenters. The van der Waals surface area contributed by atoms with Crippen LogP contribution in [0.3, 0.4) is 0 Å². The highest BCUT2D eigenvalue weighted by Crippen LogP contribution is 1.98. The minimum absolute atomic E-state index is 0.0744. The Morgan fingerprint density at radius 1 is 1.25 bits per heavy atom. The molecule has 0 saturated heterocycles. The maximum atomic E-state index is 11.1. The number of ether oxygens (including phenoxy) is 2. The Hall–Kier alpha value is -1.69. The van der Waals surface area contributed by atoms with Crippen molar-refractivity contribution in [3.63, 3.8) is 0 Å². The molecule has 0 unspecified atom stereocenters. The molecule has 0 spiro atoms. The predicted molar refractivity (Wildman–Crippen MR) is 53.2 cm³/mol. The van der Waals surface area contributed by atoms with Gasteiger partial charge in [0.2, 0.25) is 0 Å². The summed E-state index contributed by atoms with van der Waals surface area (Å²) in [6, 6.07) is 0. The fourth-order valence-corrected chi connectivity index (χ4v) is 0.699. The Morgan fingerprint density at radius 2 is 1.88 bits per heavy atom. The van der Waals surface area contributed by atoms with Gasteiger partial charge in [0.25, 0.3) is 0 Å². The first-order chi connectivity index (χ1) is 7.47. The van der Waals surface area contributed by atoms with Crippen molar-refractivity contribution in [3.8, 4) is 0 Å². The van der Waals surface area contributed by atoms with Crippen LogP contribution < -0.4 is 0 Å². The molecule has 6 heteroatoms. The zero-order valence-corrected chi connectivity index (χ0v) is 9.19. The van der Waals surface area contributed by atoms with Gasteiger partial charge >= 0.3 is 11.9 Å². The molecule has 0 amide bonds. The Labute approximate surface area is 92.8 Å². The highest BCUT2D eigenvalue weighted by Gasteiger charge is 2.08. The molecule has 0 bridgehead atoms. The summed E-state index contributed by atoms with van der Waals surface area (Å²) < 4.78 is 9.08. The second-order valence-electron chi connectivity index (χ2n) is 3.03. The summed E-state index contributed by atoms with van der Waals surface area (Å²) in [7, 11) is 0. The molecule has 0 fully saturated rings. The molecular weight excluding hydrogens is 216 g/mol. The van der Waals surface area contributed by atoms with Gasteiger partial charge in [0.05, 0.1) is 12.2 Å². The first-order valence-electron chi connectivity index (χ1n) is 4.61. The number of ketones is 1. The average Bonchev–Trinajstić information content (AvgIpc) is 2.21. The number of hydrogen-bond donors (Lipinski definition) is 1. The second-order valence-corrected chi connectivity index (χ2v) is 3.03. The van der Waals surface area contributed by atoms with E-state index in [0.29, 0.717) is 0 Å². The maximum Gasteiger partial charge on any atom is 0.336 e. The topological polar surface area (TPSA) is 89.9 Å². The Balaban J connectivity index is 4.07. The van der Waals surface area contributed by atoms with Gasteiger partial charge in [0.1, 0.15) is 25.1 Å². The molecule has 1 N–H and O–H groups in total. The molecule has 6 nitrogen and oxygen atoms in total. The van der Waals surface area contributed by atoms with Crippen molar-refractivity contribution in [1.29, 1.82) is 0 Å². The minimum atomic E-state index is -0.734. The van der Waals surface area contributed by atoms with E-state index < -0.39 is 11.9 Å². The number of Topliss-reactive ketones (excluding diaryl/α,β-unsaturated/α-hetero) is 1. The van der Waals surface area contributed by atoms with Gasteiger partial charge in [0.15, 0.2) is 0 Å². The van der Waals surface area contributed by atoms with Crippen molar-refractivity contribution < 1.29 is 29.0 Å². The molecule has 0 rings (SSSR count). The van der Waals surface area contributed by atoms with Crippen molar-refractivity contribution >= 4 is 17.7 Å². The number of aliphatic hydroxyl groups is 1. The van der Waals surface area contributed by atoms with E-state index in [9.17, 15) is 14.4 Å². The van der Waals surface area contributed by atoms with Crippen LogP contribution in [0.1, 0.15) is 20.3 Å². The minimum Gasteiger partial charge on any atom is -0.460 e. The third-order valence-corrected chi connectivity index (χ3v) is 1.41. The van der Waals surface area contributed by atoms with Crippen molar-refractivity contribution in [3.05, 3.63) is 11.8 Å². The van der Waals surface area contributed by atoms with Crippen molar-refractivity contribution in [2.75, 3.05) is 13.2 Å². The Bertz CT molecular complexity index is 304. The third kappa shape index (κ3) is 6.72. The van der Waals surface area contributed by atoms with Gasteiger partial charge in [-0.05, 0) is 13.8 Å². The summed E-state index contributed by atoms with van der Waals surface area (Å²) in [6.45, 7) is 2.25. The lowest BCUT2D eigenvalue weighted by Gasteiger charge is -2.02. The molecule has 0 heterocycles. The number of esters is 2. The van der Waals surface area contributed by atoms with Crippen LogP contribution in [-0.2, 0) is 23.9 Å². The van der Waals surface area contributed by atoms with Gasteiger partial charge < -0.3 is 14.6 Å². The van der Waals surface area contributed by atoms with Crippen LogP contribution in [-0.4, -0.2) is 36.0 Å². The molecular formula is C10H14O6. The number of carbonyl (C=O) groups is 3. The van der Waals surface area contributed by atoms with E-state index in [1.807, 2.05) is 0 Å². The summed E-state index contributed by atoms with van der Waals surface area (Å²) in [5.74, 6) is -1.75. The van der Waals surface area contributed by atoms with Crippen LogP contribution in [0.25, 0.3) is 0 Å². The number of hydrogen-bond acceptors (Lipinski definition) is 6. The highest BCUT2D eigenvalue weighted by atomic mass is 16.5. The Morgan fingerprint density at radius 3 is 2.38 bits per heavy atom. The molecule has 0 aliphatic heterocycles. The van der Waals surface area contributed by atoms with Crippen LogP contribution in [0.5, 0.6) is 0 Å². The fraction of sp³-hybridized carbons (Fsp3) is 0.500. The summed E-state index contributed by atoms with van der Waals surface area (Å²) in [5.41, 5.74) is 0.0744. The molecule has 0 aromatic rings. The lowest BCUT2D eigenvalue weighted by molar-refractivity contribution is -0.141. The number of rotatable bonds is 6. The molecule has 90 valence electrons. The monoisotopic (exact) mass is 230 g/mol. The van der Waals surface area contributed by atoms with Crippen LogP contribution in [0.4, 0.5) is 0 Å². The highest BCUT2D eigenvalue weighted by molar-refractivity contribution is 5.94. The zero-order chi connectivity index (χ0) is 12.6. The van der Waals surface area contributed by atoms with Crippen LogP contribution in [0.2, 0.25) is 0 Å². The van der Waals surface area contributed by atoms with E-state index in [2.05, 4.69) is 9.47 Å². The Kier molecular flexibility index (Phi) is 6.78. The lowest BCUT2D eigenvalue weighted by Crippen LogP contribution is -2.11. The summed E-state index contributed by atoms with van der Waals surface area (Å²) in [5, 5.41) is 8.39. The molecule has 16 heavy (non-hydrogen) atoms. The molecule has 0 aromatic heterocycles. The van der Waals surface area contributed by atoms with Gasteiger partial charge in [-0.15, -0.1) is 0 Å². The second kappa shape index (κ2) is 7.58. The van der Waals surface area contributed by atoms with Gasteiger partial charge in [-0.3, -0.25) is 9.59 Å². The van der Waals surface area contributed by atoms with Gasteiger partial charge in [-0.2, -0.15) is 0 Å². The SMILES string of the molecule is CC(=O)CC(=O)OC=C(C)C(=O)OCCO. The molecule has 0 aliphatic rings. The van der Waals surface area contributed by atoms with E-state index in [0.717, 1.165) is 6.26 Å². The normalized spacial score (nSPS) is 10.8.